The maximum absolute atomic E-state index is 5.74. The van der Waals surface area contributed by atoms with Gasteiger partial charge < -0.3 is 14.4 Å². The van der Waals surface area contributed by atoms with Gasteiger partial charge in [-0.05, 0) is 22.4 Å². The van der Waals surface area contributed by atoms with Crippen LogP contribution in [0.3, 0.4) is 0 Å². The number of piperidine rings is 1. The van der Waals surface area contributed by atoms with E-state index in [4.69, 9.17) is 9.47 Å². The molecule has 1 spiro atoms. The van der Waals surface area contributed by atoms with E-state index in [0.717, 1.165) is 48.9 Å². The van der Waals surface area contributed by atoms with Gasteiger partial charge in [0.25, 0.3) is 0 Å². The second kappa shape index (κ2) is 4.25. The van der Waals surface area contributed by atoms with Gasteiger partial charge in [0.2, 0.25) is 0 Å². The highest BCUT2D eigenvalue weighted by atomic mass is 79.9. The molecule has 1 aromatic rings. The van der Waals surface area contributed by atoms with E-state index in [1.165, 1.54) is 0 Å². The maximum atomic E-state index is 5.74. The van der Waals surface area contributed by atoms with E-state index in [1.54, 1.807) is 11.3 Å². The van der Waals surface area contributed by atoms with Gasteiger partial charge >= 0.3 is 0 Å². The van der Waals surface area contributed by atoms with Crippen molar-refractivity contribution in [2.45, 2.75) is 18.6 Å². The van der Waals surface area contributed by atoms with Crippen LogP contribution in [0.4, 0.5) is 5.13 Å². The van der Waals surface area contributed by atoms with Crippen molar-refractivity contribution in [2.24, 2.45) is 0 Å². The molecule has 1 aromatic heterocycles. The Balaban J connectivity index is 1.77. The van der Waals surface area contributed by atoms with Crippen molar-refractivity contribution in [3.8, 4) is 0 Å². The fourth-order valence-electron chi connectivity index (χ4n) is 2.27. The first-order valence-electron chi connectivity index (χ1n) is 5.41. The largest absolute Gasteiger partial charge is 0.346 e. The second-order valence-corrected chi connectivity index (χ2v) is 5.73. The Morgan fingerprint density at radius 2 is 2.25 bits per heavy atom. The zero-order valence-electron chi connectivity index (χ0n) is 8.82. The van der Waals surface area contributed by atoms with Crippen molar-refractivity contribution >= 4 is 32.4 Å². The lowest BCUT2D eigenvalue weighted by Crippen LogP contribution is -2.49. The average molecular weight is 305 g/mol. The Morgan fingerprint density at radius 1 is 1.44 bits per heavy atom. The Hall–Kier alpha value is -0.170. The van der Waals surface area contributed by atoms with Gasteiger partial charge in [0, 0.05) is 18.3 Å². The summed E-state index contributed by atoms with van der Waals surface area (Å²) in [6.07, 6.45) is 2.09. The third-order valence-corrected chi connectivity index (χ3v) is 4.58. The molecule has 0 radical (unpaired) electrons. The van der Waals surface area contributed by atoms with E-state index < -0.39 is 0 Å². The minimum atomic E-state index is -0.365. The molecule has 2 aliphatic rings. The summed E-state index contributed by atoms with van der Waals surface area (Å²) in [6.45, 7) is 3.27. The molecule has 2 fully saturated rings. The smallest absolute Gasteiger partial charge is 0.186 e. The summed E-state index contributed by atoms with van der Waals surface area (Å²) in [5.41, 5.74) is 0. The zero-order valence-corrected chi connectivity index (χ0v) is 11.2. The highest BCUT2D eigenvalue weighted by Crippen LogP contribution is 2.34. The molecule has 3 heterocycles. The van der Waals surface area contributed by atoms with Gasteiger partial charge in [0.15, 0.2) is 10.9 Å². The molecule has 16 heavy (non-hydrogen) atoms. The van der Waals surface area contributed by atoms with Crippen LogP contribution in [0.5, 0.6) is 0 Å². The first kappa shape index (κ1) is 11.0. The molecule has 0 unspecified atom stereocenters. The van der Waals surface area contributed by atoms with Crippen LogP contribution < -0.4 is 4.90 Å². The third kappa shape index (κ3) is 1.99. The molecule has 88 valence electrons. The first-order valence-corrected chi connectivity index (χ1v) is 7.09. The number of halogens is 1. The van der Waals surface area contributed by atoms with Crippen molar-refractivity contribution in [1.29, 1.82) is 0 Å². The Morgan fingerprint density at radius 3 is 2.94 bits per heavy atom. The van der Waals surface area contributed by atoms with Gasteiger partial charge in [-0.15, -0.1) is 11.3 Å². The van der Waals surface area contributed by atoms with Gasteiger partial charge in [0.1, 0.15) is 4.60 Å². The van der Waals surface area contributed by atoms with Crippen LogP contribution in [0.2, 0.25) is 0 Å². The lowest BCUT2D eigenvalue weighted by Gasteiger charge is -2.38. The van der Waals surface area contributed by atoms with Crippen molar-refractivity contribution in [3.63, 3.8) is 0 Å². The summed E-state index contributed by atoms with van der Waals surface area (Å²) in [6, 6.07) is 0. The van der Waals surface area contributed by atoms with Gasteiger partial charge in [-0.2, -0.15) is 0 Å². The van der Waals surface area contributed by atoms with Crippen molar-refractivity contribution in [3.05, 3.63) is 9.98 Å². The lowest BCUT2D eigenvalue weighted by molar-refractivity contribution is -0.161. The van der Waals surface area contributed by atoms with E-state index >= 15 is 0 Å². The number of nitrogens with zero attached hydrogens (tertiary/aromatic N) is 2. The van der Waals surface area contributed by atoms with Crippen LogP contribution in [-0.4, -0.2) is 37.1 Å². The molecule has 0 saturated carbocycles. The van der Waals surface area contributed by atoms with Crippen molar-refractivity contribution < 1.29 is 9.47 Å². The zero-order chi connectivity index (χ0) is 11.0. The fourth-order valence-corrected chi connectivity index (χ4v) is 3.55. The van der Waals surface area contributed by atoms with E-state index in [9.17, 15) is 0 Å². The van der Waals surface area contributed by atoms with Crippen LogP contribution >= 0.6 is 27.3 Å². The molecule has 0 N–H and O–H groups in total. The summed E-state index contributed by atoms with van der Waals surface area (Å²) < 4.78 is 12.4. The van der Waals surface area contributed by atoms with Gasteiger partial charge in [0.05, 0.1) is 19.8 Å². The van der Waals surface area contributed by atoms with Gasteiger partial charge in [-0.25, -0.2) is 4.98 Å². The summed E-state index contributed by atoms with van der Waals surface area (Å²) in [7, 11) is 0. The number of hydrogen-bond donors (Lipinski definition) is 0. The minimum absolute atomic E-state index is 0.365. The number of thiazole rings is 1. The molecule has 6 heteroatoms. The summed E-state index contributed by atoms with van der Waals surface area (Å²) in [5, 5.41) is 3.05. The highest BCUT2D eigenvalue weighted by Gasteiger charge is 2.41. The molecule has 3 rings (SSSR count). The Labute approximate surface area is 107 Å². The molecule has 2 aliphatic heterocycles. The van der Waals surface area contributed by atoms with Crippen LogP contribution in [-0.2, 0) is 9.47 Å². The molecule has 0 aromatic carbocycles. The molecule has 2 saturated heterocycles. The highest BCUT2D eigenvalue weighted by molar-refractivity contribution is 9.10. The second-order valence-electron chi connectivity index (χ2n) is 4.09. The molecule has 0 amide bonds. The predicted octanol–water partition coefficient (Wildman–Crippen LogP) is 2.25. The van der Waals surface area contributed by atoms with Gasteiger partial charge in [-0.3, -0.25) is 0 Å². The SMILES string of the molecule is Brc1csc(N2CCCC3(C2)OCCO3)n1. The van der Waals surface area contributed by atoms with E-state index in [2.05, 4.69) is 25.8 Å². The van der Waals surface area contributed by atoms with Crippen molar-refractivity contribution in [1.82, 2.24) is 4.98 Å². The number of anilines is 1. The normalized spacial score (nSPS) is 24.2. The molecular formula is C10H13BrN2O2S. The summed E-state index contributed by atoms with van der Waals surface area (Å²) in [5.74, 6) is -0.365. The van der Waals surface area contributed by atoms with Gasteiger partial charge in [-0.1, -0.05) is 0 Å². The van der Waals surface area contributed by atoms with E-state index in [1.807, 2.05) is 5.38 Å². The molecule has 0 aliphatic carbocycles. The average Bonchev–Trinajstić information content (AvgIpc) is 2.89. The lowest BCUT2D eigenvalue weighted by atomic mass is 10.1. The van der Waals surface area contributed by atoms with E-state index in [-0.39, 0.29) is 5.79 Å². The quantitative estimate of drug-likeness (QED) is 0.797. The Kier molecular flexibility index (Phi) is 2.91. The number of hydrogen-bond acceptors (Lipinski definition) is 5. The predicted molar refractivity (Wildman–Crippen MR) is 65.9 cm³/mol. The first-order chi connectivity index (χ1) is 7.77. The van der Waals surface area contributed by atoms with Crippen LogP contribution in [0.25, 0.3) is 0 Å². The van der Waals surface area contributed by atoms with Crippen LogP contribution in [0, 0.1) is 0 Å². The minimum Gasteiger partial charge on any atom is -0.346 e. The van der Waals surface area contributed by atoms with Crippen LogP contribution in [0.1, 0.15) is 12.8 Å². The Bertz CT molecular complexity index is 379. The molecule has 0 bridgehead atoms. The molecular weight excluding hydrogens is 292 g/mol. The molecule has 0 atom stereocenters. The standard InChI is InChI=1S/C10H13BrN2O2S/c11-8-6-16-9(12-8)13-3-1-2-10(7-13)14-4-5-15-10/h6H,1-5,7H2. The number of ether oxygens (including phenoxy) is 2. The number of rotatable bonds is 1. The third-order valence-electron chi connectivity index (χ3n) is 2.97. The summed E-state index contributed by atoms with van der Waals surface area (Å²) >= 11 is 5.04. The number of aromatic nitrogens is 1. The van der Waals surface area contributed by atoms with Crippen LogP contribution in [0.15, 0.2) is 9.98 Å². The monoisotopic (exact) mass is 304 g/mol. The fraction of sp³-hybridized carbons (Fsp3) is 0.700. The molecule has 4 nitrogen and oxygen atoms in total. The maximum Gasteiger partial charge on any atom is 0.186 e. The van der Waals surface area contributed by atoms with E-state index in [0.29, 0.717) is 0 Å². The van der Waals surface area contributed by atoms with Crippen molar-refractivity contribution in [2.75, 3.05) is 31.2 Å². The summed E-state index contributed by atoms with van der Waals surface area (Å²) in [4.78, 5) is 6.69. The topological polar surface area (TPSA) is 34.6 Å².